The molecule has 12 heteroatoms. The minimum atomic E-state index is -0.600. The van der Waals surface area contributed by atoms with Crippen molar-refractivity contribution in [2.75, 3.05) is 5.32 Å². The Balaban J connectivity index is 1.55. The van der Waals surface area contributed by atoms with Crippen LogP contribution in [0.15, 0.2) is 41.1 Å². The van der Waals surface area contributed by atoms with Gasteiger partial charge in [-0.1, -0.05) is 17.3 Å². The van der Waals surface area contributed by atoms with Gasteiger partial charge in [-0.3, -0.25) is 9.48 Å². The van der Waals surface area contributed by atoms with Crippen LogP contribution in [-0.2, 0) is 13.1 Å². The number of nitrogens with zero attached hydrogens (tertiary/aromatic N) is 6. The number of aromatic nitrogens is 5. The number of aryl methyl sites for hydroxylation is 2. The van der Waals surface area contributed by atoms with Crippen LogP contribution in [0.4, 0.5) is 15.9 Å². The highest BCUT2D eigenvalue weighted by molar-refractivity contribution is 6.04. The summed E-state index contributed by atoms with van der Waals surface area (Å²) in [5.41, 5.74) is 3.02. The van der Waals surface area contributed by atoms with Gasteiger partial charge in [0, 0.05) is 0 Å². The van der Waals surface area contributed by atoms with Crippen molar-refractivity contribution in [3.05, 3.63) is 86.4 Å². The monoisotopic (exact) mass is 453 g/mol. The summed E-state index contributed by atoms with van der Waals surface area (Å²) in [6.07, 6.45) is 1.44. The topological polar surface area (TPSA) is 134 Å². The van der Waals surface area contributed by atoms with Crippen LogP contribution < -0.4 is 5.32 Å². The lowest BCUT2D eigenvalue weighted by molar-refractivity contribution is -0.389. The van der Waals surface area contributed by atoms with Crippen molar-refractivity contribution in [3.8, 4) is 0 Å². The number of rotatable bonds is 7. The predicted molar refractivity (Wildman–Crippen MR) is 114 cm³/mol. The Labute approximate surface area is 187 Å². The molecule has 33 heavy (non-hydrogen) atoms. The van der Waals surface area contributed by atoms with Crippen LogP contribution in [0.1, 0.15) is 38.8 Å². The first-order chi connectivity index (χ1) is 15.7. The van der Waals surface area contributed by atoms with E-state index in [0.29, 0.717) is 34.9 Å². The van der Waals surface area contributed by atoms with Gasteiger partial charge in [-0.15, -0.1) is 0 Å². The minimum absolute atomic E-state index is 0.0438. The van der Waals surface area contributed by atoms with Gasteiger partial charge in [0.1, 0.15) is 11.6 Å². The van der Waals surface area contributed by atoms with Gasteiger partial charge in [0.25, 0.3) is 5.91 Å². The number of hydrogen-bond acceptors (Lipinski definition) is 7. The highest BCUT2D eigenvalue weighted by atomic mass is 19.1. The Hall–Kier alpha value is -4.35. The van der Waals surface area contributed by atoms with Gasteiger partial charge in [0.15, 0.2) is 5.69 Å². The molecule has 0 aliphatic heterocycles. The third-order valence-corrected chi connectivity index (χ3v) is 5.17. The standard InChI is InChI=1S/C21H20FN7O4/c1-12-19(13(2)28(24-12)10-15-5-4-6-16(22)9-15)23-21(30)20-17(14(3)33-26-20)11-27-8-7-18(25-27)29(31)32/h4-9H,10-11H2,1-3H3,(H,23,30). The van der Waals surface area contributed by atoms with Crippen molar-refractivity contribution in [2.45, 2.75) is 33.9 Å². The molecule has 1 aromatic carbocycles. The molecule has 0 radical (unpaired) electrons. The lowest BCUT2D eigenvalue weighted by atomic mass is 10.1. The summed E-state index contributed by atoms with van der Waals surface area (Å²) in [6.45, 7) is 5.61. The second kappa shape index (κ2) is 8.65. The maximum atomic E-state index is 13.5. The third-order valence-electron chi connectivity index (χ3n) is 5.17. The summed E-state index contributed by atoms with van der Waals surface area (Å²) >= 11 is 0. The molecule has 0 fully saturated rings. The lowest BCUT2D eigenvalue weighted by Crippen LogP contribution is -2.17. The molecule has 1 amide bonds. The molecular formula is C21H20FN7O4. The average molecular weight is 453 g/mol. The summed E-state index contributed by atoms with van der Waals surface area (Å²) in [6, 6.07) is 7.49. The molecule has 0 atom stereocenters. The number of hydrogen-bond donors (Lipinski definition) is 1. The SMILES string of the molecule is Cc1nn(Cc2cccc(F)c2)c(C)c1NC(=O)c1noc(C)c1Cn1ccc([N+](=O)[O-])n1. The molecule has 4 rings (SSSR count). The van der Waals surface area contributed by atoms with Gasteiger partial charge in [-0.05, 0) is 43.4 Å². The molecule has 0 unspecified atom stereocenters. The molecule has 0 saturated carbocycles. The maximum Gasteiger partial charge on any atom is 0.389 e. The molecule has 4 aromatic rings. The van der Waals surface area contributed by atoms with Crippen molar-refractivity contribution < 1.29 is 18.6 Å². The number of benzene rings is 1. The van der Waals surface area contributed by atoms with E-state index in [-0.39, 0.29) is 23.9 Å². The first kappa shape index (κ1) is 21.9. The molecular weight excluding hydrogens is 433 g/mol. The van der Waals surface area contributed by atoms with E-state index in [9.17, 15) is 19.3 Å². The molecule has 11 nitrogen and oxygen atoms in total. The number of nitro groups is 1. The van der Waals surface area contributed by atoms with Crippen molar-refractivity contribution in [1.82, 2.24) is 24.7 Å². The van der Waals surface area contributed by atoms with Crippen molar-refractivity contribution in [2.24, 2.45) is 0 Å². The van der Waals surface area contributed by atoms with Gasteiger partial charge < -0.3 is 20.0 Å². The number of halogens is 1. The number of anilines is 1. The van der Waals surface area contributed by atoms with Gasteiger partial charge in [-0.25, -0.2) is 4.39 Å². The first-order valence-corrected chi connectivity index (χ1v) is 9.95. The van der Waals surface area contributed by atoms with Crippen LogP contribution in [0.5, 0.6) is 0 Å². The van der Waals surface area contributed by atoms with E-state index < -0.39 is 10.8 Å². The van der Waals surface area contributed by atoms with E-state index in [1.165, 1.54) is 29.1 Å². The summed E-state index contributed by atoms with van der Waals surface area (Å²) < 4.78 is 21.7. The van der Waals surface area contributed by atoms with E-state index in [1.54, 1.807) is 37.6 Å². The van der Waals surface area contributed by atoms with Gasteiger partial charge in [-0.2, -0.15) is 9.78 Å². The Morgan fingerprint density at radius 2 is 2.00 bits per heavy atom. The molecule has 0 bridgehead atoms. The van der Waals surface area contributed by atoms with Crippen LogP contribution in [-0.4, -0.2) is 35.5 Å². The van der Waals surface area contributed by atoms with Crippen molar-refractivity contribution in [3.63, 3.8) is 0 Å². The Kier molecular flexibility index (Phi) is 5.73. The molecule has 3 aromatic heterocycles. The van der Waals surface area contributed by atoms with Gasteiger partial charge in [0.2, 0.25) is 0 Å². The van der Waals surface area contributed by atoms with Crippen LogP contribution >= 0.6 is 0 Å². The molecule has 0 saturated heterocycles. The second-order valence-corrected chi connectivity index (χ2v) is 7.48. The highest BCUT2D eigenvalue weighted by Gasteiger charge is 2.24. The minimum Gasteiger partial charge on any atom is -0.361 e. The average Bonchev–Trinajstić information content (AvgIpc) is 3.44. The van der Waals surface area contributed by atoms with Crippen LogP contribution in [0.25, 0.3) is 0 Å². The summed E-state index contributed by atoms with van der Waals surface area (Å²) in [7, 11) is 0. The molecule has 1 N–H and O–H groups in total. The molecule has 0 aliphatic carbocycles. The summed E-state index contributed by atoms with van der Waals surface area (Å²) in [4.78, 5) is 23.3. The van der Waals surface area contributed by atoms with Crippen LogP contribution in [0.3, 0.4) is 0 Å². The van der Waals surface area contributed by atoms with Crippen molar-refractivity contribution in [1.29, 1.82) is 0 Å². The molecule has 0 aliphatic rings. The fourth-order valence-electron chi connectivity index (χ4n) is 3.47. The summed E-state index contributed by atoms with van der Waals surface area (Å²) in [5, 5.41) is 25.9. The summed E-state index contributed by atoms with van der Waals surface area (Å²) in [5.74, 6) is -0.750. The van der Waals surface area contributed by atoms with Crippen molar-refractivity contribution >= 4 is 17.4 Å². The smallest absolute Gasteiger partial charge is 0.361 e. The van der Waals surface area contributed by atoms with E-state index in [2.05, 4.69) is 20.7 Å². The highest BCUT2D eigenvalue weighted by Crippen LogP contribution is 2.23. The zero-order valence-electron chi connectivity index (χ0n) is 18.1. The lowest BCUT2D eigenvalue weighted by Gasteiger charge is -2.07. The number of carbonyl (C=O) groups is 1. The van der Waals surface area contributed by atoms with Crippen LogP contribution in [0, 0.1) is 36.7 Å². The Morgan fingerprint density at radius 1 is 1.21 bits per heavy atom. The zero-order valence-corrected chi connectivity index (χ0v) is 18.1. The first-order valence-electron chi connectivity index (χ1n) is 9.95. The van der Waals surface area contributed by atoms with E-state index in [1.807, 2.05) is 0 Å². The Bertz CT molecular complexity index is 1350. The number of nitrogens with one attached hydrogen (secondary N) is 1. The van der Waals surface area contributed by atoms with E-state index >= 15 is 0 Å². The molecule has 170 valence electrons. The fourth-order valence-corrected chi connectivity index (χ4v) is 3.47. The Morgan fingerprint density at radius 3 is 2.70 bits per heavy atom. The number of amides is 1. The van der Waals surface area contributed by atoms with Gasteiger partial charge >= 0.3 is 5.82 Å². The van der Waals surface area contributed by atoms with Crippen LogP contribution in [0.2, 0.25) is 0 Å². The normalized spacial score (nSPS) is 11.0. The second-order valence-electron chi connectivity index (χ2n) is 7.48. The predicted octanol–water partition coefficient (Wildman–Crippen LogP) is 3.39. The largest absolute Gasteiger partial charge is 0.389 e. The fraction of sp³-hybridized carbons (Fsp3) is 0.238. The van der Waals surface area contributed by atoms with E-state index in [0.717, 1.165) is 5.56 Å². The maximum absolute atomic E-state index is 13.5. The molecule has 3 heterocycles. The number of carbonyl (C=O) groups excluding carboxylic acids is 1. The van der Waals surface area contributed by atoms with Gasteiger partial charge in [0.05, 0.1) is 53.1 Å². The zero-order chi connectivity index (χ0) is 23.7. The van der Waals surface area contributed by atoms with E-state index in [4.69, 9.17) is 4.52 Å². The molecule has 0 spiro atoms. The quantitative estimate of drug-likeness (QED) is 0.335. The third kappa shape index (κ3) is 4.49.